The zero-order valence-corrected chi connectivity index (χ0v) is 16.6. The zero-order valence-electron chi connectivity index (χ0n) is 15.8. The number of carbonyl (C=O) groups excluding carboxylic acids is 1. The molecule has 2 aromatic heterocycles. The number of nitrogen functional groups attached to an aromatic ring is 1. The van der Waals surface area contributed by atoms with E-state index in [1.165, 1.54) is 18.4 Å². The first kappa shape index (κ1) is 20.0. The predicted octanol–water partition coefficient (Wildman–Crippen LogP) is 4.32. The highest BCUT2D eigenvalue weighted by Crippen LogP contribution is 2.32. The van der Waals surface area contributed by atoms with Crippen molar-refractivity contribution in [3.8, 4) is 23.4 Å². The van der Waals surface area contributed by atoms with Crippen molar-refractivity contribution >= 4 is 34.5 Å². The maximum atomic E-state index is 11.7. The molecule has 0 aliphatic carbocycles. The van der Waals surface area contributed by atoms with E-state index in [0.717, 1.165) is 5.69 Å². The van der Waals surface area contributed by atoms with Gasteiger partial charge in [0.2, 0.25) is 5.88 Å². The largest absolute Gasteiger partial charge is 0.477 e. The van der Waals surface area contributed by atoms with Gasteiger partial charge >= 0.3 is 5.97 Å². The molecule has 3 rings (SSSR count). The number of carbonyl (C=O) groups is 1. The Morgan fingerprint density at radius 1 is 1.31 bits per heavy atom. The Hall–Kier alpha value is -3.77. The van der Waals surface area contributed by atoms with Gasteiger partial charge in [0, 0.05) is 11.8 Å². The first-order valence-corrected chi connectivity index (χ1v) is 9.47. The van der Waals surface area contributed by atoms with Gasteiger partial charge in [-0.3, -0.25) is 0 Å². The summed E-state index contributed by atoms with van der Waals surface area (Å²) in [5.41, 5.74) is 7.14. The van der Waals surface area contributed by atoms with Crippen LogP contribution in [0.3, 0.4) is 0 Å². The Morgan fingerprint density at radius 2 is 2.07 bits per heavy atom. The summed E-state index contributed by atoms with van der Waals surface area (Å²) in [6, 6.07) is 12.3. The van der Waals surface area contributed by atoms with Crippen LogP contribution in [0.5, 0.6) is 17.4 Å². The van der Waals surface area contributed by atoms with E-state index in [0.29, 0.717) is 28.8 Å². The van der Waals surface area contributed by atoms with E-state index in [9.17, 15) is 10.1 Å². The smallest absolute Gasteiger partial charge is 0.351 e. The number of hydrogen-bond donors (Lipinski definition) is 2. The molecule has 0 aliphatic heterocycles. The molecule has 148 valence electrons. The van der Waals surface area contributed by atoms with Gasteiger partial charge in [0.05, 0.1) is 19.4 Å². The van der Waals surface area contributed by atoms with E-state index < -0.39 is 5.97 Å². The number of thiophene rings is 1. The number of anilines is 3. The average Bonchev–Trinajstić information content (AvgIpc) is 3.17. The van der Waals surface area contributed by atoms with Crippen LogP contribution in [-0.4, -0.2) is 24.7 Å². The number of benzene rings is 1. The van der Waals surface area contributed by atoms with Crippen molar-refractivity contribution in [2.45, 2.75) is 6.92 Å². The van der Waals surface area contributed by atoms with Gasteiger partial charge in [-0.1, -0.05) is 0 Å². The third kappa shape index (κ3) is 4.56. The highest BCUT2D eigenvalue weighted by atomic mass is 32.1. The average molecular weight is 410 g/mol. The van der Waals surface area contributed by atoms with Crippen LogP contribution in [0.4, 0.5) is 17.2 Å². The molecular formula is C20H18N4O4S. The monoisotopic (exact) mass is 410 g/mol. The lowest BCUT2D eigenvalue weighted by Gasteiger charge is -2.12. The molecule has 3 aromatic rings. The number of aromatic nitrogens is 1. The second-order valence-corrected chi connectivity index (χ2v) is 6.59. The quantitative estimate of drug-likeness (QED) is 0.553. The van der Waals surface area contributed by atoms with Gasteiger partial charge < -0.3 is 25.3 Å². The SMILES string of the molecule is CCOc1nc(Nc2ccc(Oc3ccsc3C(=O)OC)cc2)cc(N)c1C#N. The van der Waals surface area contributed by atoms with Crippen molar-refractivity contribution in [1.29, 1.82) is 5.26 Å². The maximum Gasteiger partial charge on any atom is 0.351 e. The minimum Gasteiger partial charge on any atom is -0.477 e. The number of nitrogens with two attached hydrogens (primary N) is 1. The molecule has 0 spiro atoms. The van der Waals surface area contributed by atoms with Crippen molar-refractivity contribution in [2.24, 2.45) is 0 Å². The van der Waals surface area contributed by atoms with Crippen molar-refractivity contribution in [2.75, 3.05) is 24.8 Å². The molecule has 0 amide bonds. The first-order valence-electron chi connectivity index (χ1n) is 8.59. The van der Waals surface area contributed by atoms with Gasteiger partial charge in [-0.2, -0.15) is 10.2 Å². The normalized spacial score (nSPS) is 10.1. The lowest BCUT2D eigenvalue weighted by molar-refractivity contribution is 0.0604. The molecule has 0 saturated heterocycles. The second-order valence-electron chi connectivity index (χ2n) is 5.68. The van der Waals surface area contributed by atoms with Gasteiger partial charge in [-0.15, -0.1) is 11.3 Å². The molecule has 0 radical (unpaired) electrons. The summed E-state index contributed by atoms with van der Waals surface area (Å²) in [5, 5.41) is 14.1. The Labute approximate surface area is 171 Å². The summed E-state index contributed by atoms with van der Waals surface area (Å²) in [6.07, 6.45) is 0. The Bertz CT molecular complexity index is 1060. The number of nitrogens with zero attached hydrogens (tertiary/aromatic N) is 2. The Morgan fingerprint density at radius 3 is 2.72 bits per heavy atom. The summed E-state index contributed by atoms with van der Waals surface area (Å²) in [7, 11) is 1.33. The molecule has 3 N–H and O–H groups in total. The van der Waals surface area contributed by atoms with Crippen LogP contribution >= 0.6 is 11.3 Å². The number of ether oxygens (including phenoxy) is 3. The third-order valence-corrected chi connectivity index (χ3v) is 4.64. The fraction of sp³-hybridized carbons (Fsp3) is 0.150. The minimum absolute atomic E-state index is 0.185. The fourth-order valence-electron chi connectivity index (χ4n) is 2.46. The highest BCUT2D eigenvalue weighted by Gasteiger charge is 2.16. The molecule has 0 unspecified atom stereocenters. The molecule has 8 nitrogen and oxygen atoms in total. The Kier molecular flexibility index (Phi) is 6.16. The minimum atomic E-state index is -0.442. The van der Waals surface area contributed by atoms with Crippen LogP contribution < -0.4 is 20.5 Å². The van der Waals surface area contributed by atoms with E-state index in [4.69, 9.17) is 19.9 Å². The topological polar surface area (TPSA) is 119 Å². The van der Waals surface area contributed by atoms with Crippen molar-refractivity contribution < 1.29 is 19.0 Å². The summed E-state index contributed by atoms with van der Waals surface area (Å²) in [5.74, 6) is 1.18. The van der Waals surface area contributed by atoms with Gasteiger partial charge in [0.25, 0.3) is 0 Å². The van der Waals surface area contributed by atoms with E-state index in [1.807, 2.05) is 6.07 Å². The van der Waals surface area contributed by atoms with E-state index in [-0.39, 0.29) is 17.1 Å². The van der Waals surface area contributed by atoms with Crippen molar-refractivity contribution in [1.82, 2.24) is 4.98 Å². The Balaban J connectivity index is 1.76. The second kappa shape index (κ2) is 8.95. The number of nitriles is 1. The molecule has 9 heteroatoms. The van der Waals surface area contributed by atoms with Gasteiger partial charge in [0.15, 0.2) is 10.6 Å². The van der Waals surface area contributed by atoms with Crippen molar-refractivity contribution in [3.63, 3.8) is 0 Å². The van der Waals surface area contributed by atoms with Crippen LogP contribution in [0.2, 0.25) is 0 Å². The van der Waals surface area contributed by atoms with Crippen molar-refractivity contribution in [3.05, 3.63) is 52.2 Å². The molecule has 29 heavy (non-hydrogen) atoms. The number of rotatable bonds is 7. The number of hydrogen-bond acceptors (Lipinski definition) is 9. The van der Waals surface area contributed by atoms with Crippen LogP contribution in [0.15, 0.2) is 41.8 Å². The highest BCUT2D eigenvalue weighted by molar-refractivity contribution is 7.12. The fourth-order valence-corrected chi connectivity index (χ4v) is 3.19. The lowest BCUT2D eigenvalue weighted by Crippen LogP contribution is -2.04. The summed E-state index contributed by atoms with van der Waals surface area (Å²) in [6.45, 7) is 2.17. The van der Waals surface area contributed by atoms with Crippen LogP contribution in [0, 0.1) is 11.3 Å². The molecule has 0 aliphatic rings. The summed E-state index contributed by atoms with van der Waals surface area (Å²) < 4.78 is 15.9. The summed E-state index contributed by atoms with van der Waals surface area (Å²) in [4.78, 5) is 16.4. The molecule has 1 aromatic carbocycles. The zero-order chi connectivity index (χ0) is 20.8. The van der Waals surface area contributed by atoms with Gasteiger partial charge in [-0.25, -0.2) is 4.79 Å². The number of esters is 1. The van der Waals surface area contributed by atoms with E-state index in [2.05, 4.69) is 10.3 Å². The number of nitrogens with one attached hydrogen (secondary N) is 1. The third-order valence-electron chi connectivity index (χ3n) is 3.76. The van der Waals surface area contributed by atoms with E-state index in [1.54, 1.807) is 48.7 Å². The molecule has 0 bridgehead atoms. The van der Waals surface area contributed by atoms with Crippen LogP contribution in [0.1, 0.15) is 22.2 Å². The molecule has 2 heterocycles. The first-order chi connectivity index (χ1) is 14.0. The van der Waals surface area contributed by atoms with Crippen LogP contribution in [-0.2, 0) is 4.74 Å². The molecule has 0 atom stereocenters. The van der Waals surface area contributed by atoms with E-state index >= 15 is 0 Å². The van der Waals surface area contributed by atoms with Gasteiger partial charge in [0.1, 0.15) is 23.2 Å². The number of pyridine rings is 1. The van der Waals surface area contributed by atoms with Crippen LogP contribution in [0.25, 0.3) is 0 Å². The standard InChI is InChI=1S/C20H18N4O4S/c1-3-27-19-14(11-21)15(22)10-17(24-19)23-12-4-6-13(7-5-12)28-16-8-9-29-18(16)20(25)26-2/h4-10H,3H2,1-2H3,(H3,22,23,24). The number of methoxy groups -OCH3 is 1. The molecular weight excluding hydrogens is 392 g/mol. The lowest BCUT2D eigenvalue weighted by atomic mass is 10.2. The molecule has 0 fully saturated rings. The predicted molar refractivity (Wildman–Crippen MR) is 110 cm³/mol. The maximum absolute atomic E-state index is 11.7. The molecule has 0 saturated carbocycles. The summed E-state index contributed by atoms with van der Waals surface area (Å²) >= 11 is 1.25. The van der Waals surface area contributed by atoms with Gasteiger partial charge in [-0.05, 0) is 42.6 Å².